The Morgan fingerprint density at radius 2 is 1.89 bits per heavy atom. The molecule has 3 fully saturated rings. The number of carbonyl (C=O) groups excluding carboxylic acids is 3. The molecule has 3 aliphatic rings. The maximum atomic E-state index is 14.5. The number of nitrogens with one attached hydrogen (secondary N) is 1. The van der Waals surface area contributed by atoms with Gasteiger partial charge in [0.25, 0.3) is 5.91 Å². The molecule has 0 radical (unpaired) electrons. The molecular weight excluding hydrogens is 546 g/mol. The zero-order valence-corrected chi connectivity index (χ0v) is 22.9. The van der Waals surface area contributed by atoms with Crippen LogP contribution in [0.25, 0.3) is 0 Å². The largest absolute Gasteiger partial charge is 0.449 e. The Morgan fingerprint density at radius 1 is 1.18 bits per heavy atom. The Bertz CT molecular complexity index is 1100. The van der Waals surface area contributed by atoms with E-state index >= 15 is 0 Å². The van der Waals surface area contributed by atoms with E-state index in [0.717, 1.165) is 24.2 Å². The highest BCUT2D eigenvalue weighted by Crippen LogP contribution is 2.49. The maximum Gasteiger partial charge on any atom is 0.410 e. The van der Waals surface area contributed by atoms with Crippen LogP contribution in [0, 0.1) is 5.41 Å². The van der Waals surface area contributed by atoms with Gasteiger partial charge >= 0.3 is 12.3 Å². The molecule has 1 aromatic carbocycles. The number of hydrogen-bond donors (Lipinski definition) is 1. The van der Waals surface area contributed by atoms with Gasteiger partial charge in [-0.15, -0.1) is 0 Å². The van der Waals surface area contributed by atoms with Crippen molar-refractivity contribution in [1.29, 1.82) is 0 Å². The van der Waals surface area contributed by atoms with Crippen molar-refractivity contribution in [2.24, 2.45) is 5.41 Å². The Balaban J connectivity index is 1.71. The van der Waals surface area contributed by atoms with Crippen molar-refractivity contribution in [1.82, 2.24) is 15.1 Å². The summed E-state index contributed by atoms with van der Waals surface area (Å²) in [5, 5.41) is 3.76. The monoisotopic (exact) mass is 577 g/mol. The summed E-state index contributed by atoms with van der Waals surface area (Å²) in [5.74, 6) is -1.04. The van der Waals surface area contributed by atoms with Gasteiger partial charge in [0.15, 0.2) is 5.78 Å². The van der Waals surface area contributed by atoms with Crippen LogP contribution in [0.15, 0.2) is 18.2 Å². The summed E-state index contributed by atoms with van der Waals surface area (Å²) in [6.07, 6.45) is -3.28. The minimum Gasteiger partial charge on any atom is -0.449 e. The highest BCUT2D eigenvalue weighted by molar-refractivity contribution is 6.42. The van der Waals surface area contributed by atoms with E-state index in [0.29, 0.717) is 30.0 Å². The van der Waals surface area contributed by atoms with Crippen molar-refractivity contribution >= 4 is 41.0 Å². The van der Waals surface area contributed by atoms with E-state index in [4.69, 9.17) is 27.9 Å². The molecule has 2 amide bonds. The molecule has 38 heavy (non-hydrogen) atoms. The van der Waals surface area contributed by atoms with Crippen molar-refractivity contribution in [3.63, 3.8) is 0 Å². The Labute approximate surface area is 229 Å². The van der Waals surface area contributed by atoms with E-state index in [1.165, 1.54) is 7.05 Å². The first-order valence-corrected chi connectivity index (χ1v) is 13.5. The third-order valence-corrected chi connectivity index (χ3v) is 8.92. The summed E-state index contributed by atoms with van der Waals surface area (Å²) in [5.41, 5.74) is -1.39. The van der Waals surface area contributed by atoms with E-state index in [-0.39, 0.29) is 23.9 Å². The number of alkyl halides is 3. The van der Waals surface area contributed by atoms with E-state index < -0.39 is 54.1 Å². The summed E-state index contributed by atoms with van der Waals surface area (Å²) in [6, 6.07) is 4.30. The standard InChI is InChI=1S/C26H32Cl2F3N3O4/c1-24(8-9-24)21(35)20-5-3-4-11-34(20)22(36)25(33(2)23(37)38-12-10-26(29,30)31)15-32-14-17(25)16-6-7-18(27)19(28)13-16/h6-7,13,17,20,32H,3-5,8-12,14-15H2,1-2H3/t17-,20?,25+/m1/s1. The zero-order chi connectivity index (χ0) is 27.9. The molecule has 4 rings (SSSR count). The van der Waals surface area contributed by atoms with Gasteiger partial charge < -0.3 is 15.0 Å². The molecule has 1 aromatic rings. The molecule has 1 unspecified atom stereocenters. The van der Waals surface area contributed by atoms with Gasteiger partial charge in [0, 0.05) is 38.0 Å². The summed E-state index contributed by atoms with van der Waals surface area (Å²) in [6.45, 7) is 1.69. The number of rotatable bonds is 7. The SMILES string of the molecule is CN(C(=O)OCCC(F)(F)F)[C@@]1(C(=O)N2CCCCC2C(=O)C2(C)CC2)CNC[C@@H]1c1ccc(Cl)c(Cl)c1. The van der Waals surface area contributed by atoms with Crippen molar-refractivity contribution in [3.8, 4) is 0 Å². The molecule has 12 heteroatoms. The minimum atomic E-state index is -4.50. The summed E-state index contributed by atoms with van der Waals surface area (Å²) in [4.78, 5) is 43.8. The number of likely N-dealkylation sites (tertiary alicyclic amines) is 1. The van der Waals surface area contributed by atoms with E-state index in [1.807, 2.05) is 6.92 Å². The smallest absolute Gasteiger partial charge is 0.410 e. The quantitative estimate of drug-likeness (QED) is 0.482. The molecule has 7 nitrogen and oxygen atoms in total. The van der Waals surface area contributed by atoms with Crippen molar-refractivity contribution in [2.75, 3.05) is 33.3 Å². The third kappa shape index (κ3) is 5.63. The second-order valence-electron chi connectivity index (χ2n) is 10.8. The number of hydrogen-bond acceptors (Lipinski definition) is 5. The fourth-order valence-corrected chi connectivity index (χ4v) is 5.89. The lowest BCUT2D eigenvalue weighted by Gasteiger charge is -2.46. The highest BCUT2D eigenvalue weighted by Gasteiger charge is 2.59. The van der Waals surface area contributed by atoms with Crippen molar-refractivity contribution in [2.45, 2.75) is 69.1 Å². The molecule has 0 aromatic heterocycles. The Morgan fingerprint density at radius 3 is 2.53 bits per heavy atom. The molecule has 0 bridgehead atoms. The van der Waals surface area contributed by atoms with Gasteiger partial charge in [-0.25, -0.2) is 4.79 Å². The van der Waals surface area contributed by atoms with Crippen LogP contribution in [0.2, 0.25) is 10.0 Å². The Hall–Kier alpha value is -2.04. The van der Waals surface area contributed by atoms with Gasteiger partial charge in [-0.2, -0.15) is 13.2 Å². The lowest BCUT2D eigenvalue weighted by molar-refractivity contribution is -0.153. The lowest BCUT2D eigenvalue weighted by atomic mass is 9.78. The van der Waals surface area contributed by atoms with E-state index in [2.05, 4.69) is 5.32 Å². The number of amides is 2. The fraction of sp³-hybridized carbons (Fsp3) is 0.654. The molecule has 2 saturated heterocycles. The fourth-order valence-electron chi connectivity index (χ4n) is 5.59. The molecule has 1 aliphatic carbocycles. The van der Waals surface area contributed by atoms with Crippen molar-refractivity contribution in [3.05, 3.63) is 33.8 Å². The second kappa shape index (κ2) is 10.8. The number of Topliss-reactive ketones (excluding diaryl/α,β-unsaturated/α-hetero) is 1. The van der Waals surface area contributed by atoms with Gasteiger partial charge in [0.05, 0.1) is 22.5 Å². The molecular formula is C26H32Cl2F3N3O4. The molecule has 2 heterocycles. The molecule has 2 aliphatic heterocycles. The van der Waals surface area contributed by atoms with Gasteiger partial charge in [-0.3, -0.25) is 14.5 Å². The summed E-state index contributed by atoms with van der Waals surface area (Å²) in [7, 11) is 1.36. The molecule has 210 valence electrons. The molecule has 1 saturated carbocycles. The number of benzene rings is 1. The maximum absolute atomic E-state index is 14.5. The highest BCUT2D eigenvalue weighted by atomic mass is 35.5. The second-order valence-corrected chi connectivity index (χ2v) is 11.6. The average molecular weight is 578 g/mol. The zero-order valence-electron chi connectivity index (χ0n) is 21.4. The number of likely N-dealkylation sites (N-methyl/N-ethyl adjacent to an activating group) is 1. The van der Waals surface area contributed by atoms with Crippen LogP contribution < -0.4 is 5.32 Å². The number of nitrogens with zero attached hydrogens (tertiary/aromatic N) is 2. The van der Waals surface area contributed by atoms with Gasteiger partial charge in [0.2, 0.25) is 0 Å². The predicted molar refractivity (Wildman–Crippen MR) is 136 cm³/mol. The van der Waals surface area contributed by atoms with Crippen molar-refractivity contribution < 1.29 is 32.3 Å². The van der Waals surface area contributed by atoms with Gasteiger partial charge in [0.1, 0.15) is 12.1 Å². The summed E-state index contributed by atoms with van der Waals surface area (Å²) < 4.78 is 43.1. The number of ether oxygens (including phenoxy) is 1. The number of piperidine rings is 1. The van der Waals surface area contributed by atoms with Gasteiger partial charge in [-0.1, -0.05) is 36.2 Å². The first-order valence-electron chi connectivity index (χ1n) is 12.8. The van der Waals surface area contributed by atoms with Crippen LogP contribution in [0.5, 0.6) is 0 Å². The van der Waals surface area contributed by atoms with Crippen LogP contribution in [-0.2, 0) is 14.3 Å². The van der Waals surface area contributed by atoms with Crippen LogP contribution in [0.4, 0.5) is 18.0 Å². The minimum absolute atomic E-state index is 0.0214. The number of halogens is 5. The van der Waals surface area contributed by atoms with Crippen LogP contribution >= 0.6 is 23.2 Å². The number of ketones is 1. The predicted octanol–water partition coefficient (Wildman–Crippen LogP) is 5.19. The first-order chi connectivity index (χ1) is 17.8. The third-order valence-electron chi connectivity index (χ3n) is 8.18. The molecule has 1 N–H and O–H groups in total. The average Bonchev–Trinajstić information content (AvgIpc) is 3.47. The molecule has 0 spiro atoms. The van der Waals surface area contributed by atoms with Gasteiger partial charge in [-0.05, 0) is 49.8 Å². The van der Waals surface area contributed by atoms with E-state index in [9.17, 15) is 27.6 Å². The van der Waals surface area contributed by atoms with Crippen LogP contribution in [0.1, 0.15) is 56.9 Å². The molecule has 3 atom stereocenters. The number of carbonyl (C=O) groups is 3. The lowest BCUT2D eigenvalue weighted by Crippen LogP contribution is -2.66. The van der Waals surface area contributed by atoms with Crippen LogP contribution in [-0.4, -0.2) is 78.6 Å². The van der Waals surface area contributed by atoms with Crippen LogP contribution in [0.3, 0.4) is 0 Å². The normalized spacial score (nSPS) is 26.7. The first kappa shape index (κ1) is 29.0. The summed E-state index contributed by atoms with van der Waals surface area (Å²) >= 11 is 12.4. The Kier molecular flexibility index (Phi) is 8.27. The van der Waals surface area contributed by atoms with E-state index in [1.54, 1.807) is 23.1 Å². The topological polar surface area (TPSA) is 79.0 Å².